The van der Waals surface area contributed by atoms with Gasteiger partial charge in [-0.2, -0.15) is 0 Å². The topological polar surface area (TPSA) is 75.4 Å². The molecule has 2 aliphatic rings. The second kappa shape index (κ2) is 9.72. The van der Waals surface area contributed by atoms with Crippen LogP contribution >= 0.6 is 11.6 Å². The fraction of sp³-hybridized carbons (Fsp3) is 0.444. The van der Waals surface area contributed by atoms with Crippen LogP contribution in [0.2, 0.25) is 5.02 Å². The van der Waals surface area contributed by atoms with Gasteiger partial charge in [0.05, 0.1) is 31.5 Å². The zero-order valence-corrected chi connectivity index (χ0v) is 21.1. The summed E-state index contributed by atoms with van der Waals surface area (Å²) >= 11 is 6.88. The maximum Gasteiger partial charge on any atom is 0.197 e. The fourth-order valence-electron chi connectivity index (χ4n) is 5.63. The van der Waals surface area contributed by atoms with E-state index in [2.05, 4.69) is 9.80 Å². The number of methoxy groups -OCH3 is 2. The van der Waals surface area contributed by atoms with Crippen molar-refractivity contribution in [2.75, 3.05) is 52.4 Å². The minimum atomic E-state index is -0.212. The summed E-state index contributed by atoms with van der Waals surface area (Å²) in [6.07, 6.45) is 3.07. The van der Waals surface area contributed by atoms with Gasteiger partial charge in [0, 0.05) is 48.3 Å². The number of rotatable bonds is 6. The van der Waals surface area contributed by atoms with E-state index in [1.807, 2.05) is 25.2 Å². The number of halogens is 1. The third-order valence-corrected chi connectivity index (χ3v) is 7.88. The number of likely N-dealkylation sites (N-methyl/N-ethyl adjacent to an activating group) is 1. The van der Waals surface area contributed by atoms with E-state index in [1.54, 1.807) is 13.2 Å². The van der Waals surface area contributed by atoms with E-state index < -0.39 is 0 Å². The van der Waals surface area contributed by atoms with Gasteiger partial charge in [0.25, 0.3) is 0 Å². The molecule has 0 amide bonds. The van der Waals surface area contributed by atoms with Crippen molar-refractivity contribution >= 4 is 28.3 Å². The number of hydrogen-bond acceptors (Lipinski definition) is 7. The molecule has 5 rings (SSSR count). The van der Waals surface area contributed by atoms with Gasteiger partial charge in [-0.3, -0.25) is 4.79 Å². The highest BCUT2D eigenvalue weighted by Crippen LogP contribution is 2.45. The summed E-state index contributed by atoms with van der Waals surface area (Å²) in [5, 5.41) is 11.1. The molecule has 8 heteroatoms. The van der Waals surface area contributed by atoms with Crippen LogP contribution in [0.15, 0.2) is 39.5 Å². The average Bonchev–Trinajstić information content (AvgIpc) is 3.52. The van der Waals surface area contributed by atoms with Crippen LogP contribution in [0.25, 0.3) is 22.3 Å². The lowest BCUT2D eigenvalue weighted by Gasteiger charge is -2.25. The van der Waals surface area contributed by atoms with Gasteiger partial charge in [0.1, 0.15) is 28.2 Å². The van der Waals surface area contributed by atoms with Gasteiger partial charge in [-0.05, 0) is 45.0 Å². The molecule has 2 saturated heterocycles. The number of benzene rings is 2. The lowest BCUT2D eigenvalue weighted by molar-refractivity contribution is 0.171. The van der Waals surface area contributed by atoms with Crippen molar-refractivity contribution in [1.29, 1.82) is 0 Å². The summed E-state index contributed by atoms with van der Waals surface area (Å²) in [5.41, 5.74) is 2.61. The third kappa shape index (κ3) is 4.05. The Morgan fingerprint density at radius 3 is 2.54 bits per heavy atom. The number of aliphatic hydroxyl groups excluding tert-OH is 1. The summed E-state index contributed by atoms with van der Waals surface area (Å²) in [6, 6.07) is 8.94. The van der Waals surface area contributed by atoms with E-state index in [4.69, 9.17) is 25.5 Å². The molecule has 0 unspecified atom stereocenters. The van der Waals surface area contributed by atoms with Crippen LogP contribution in [0.4, 0.5) is 5.69 Å². The van der Waals surface area contributed by atoms with Crippen LogP contribution in [0.3, 0.4) is 0 Å². The third-order valence-electron chi connectivity index (χ3n) is 7.48. The molecule has 35 heavy (non-hydrogen) atoms. The summed E-state index contributed by atoms with van der Waals surface area (Å²) < 4.78 is 17.8. The van der Waals surface area contributed by atoms with Gasteiger partial charge in [-0.15, -0.1) is 0 Å². The standard InChI is InChI=1S/C27H31ClN2O5/c1-29-12-9-16(19(29)15-31)24-22(33-2)14-23(34-3)25-20(32)13-21(35-27(24)25)17-7-6-8-18(26(17)28)30-10-4-5-11-30/h6-8,13-14,16,19,31H,4-5,9-12,15H2,1-3H3/t16-,19+/m0/s1. The molecule has 0 radical (unpaired) electrons. The van der Waals surface area contributed by atoms with Gasteiger partial charge in [0.15, 0.2) is 5.43 Å². The van der Waals surface area contributed by atoms with Gasteiger partial charge in [0.2, 0.25) is 0 Å². The second-order valence-electron chi connectivity index (χ2n) is 9.33. The SMILES string of the molecule is COc1cc(OC)c2c(=O)cc(-c3cccc(N4CCCC4)c3Cl)oc2c1[C@H]1CCN(C)[C@@H]1CO. The monoisotopic (exact) mass is 498 g/mol. The molecule has 0 bridgehead atoms. The van der Waals surface area contributed by atoms with E-state index >= 15 is 0 Å². The number of nitrogens with zero attached hydrogens (tertiary/aromatic N) is 2. The summed E-state index contributed by atoms with van der Waals surface area (Å²) in [5.74, 6) is 1.30. The fourth-order valence-corrected chi connectivity index (χ4v) is 5.97. The average molecular weight is 499 g/mol. The van der Waals surface area contributed by atoms with Crippen LogP contribution in [-0.2, 0) is 0 Å². The van der Waals surface area contributed by atoms with Crippen molar-refractivity contribution in [3.05, 3.63) is 51.1 Å². The van der Waals surface area contributed by atoms with Crippen LogP contribution in [0.5, 0.6) is 11.5 Å². The maximum atomic E-state index is 13.5. The number of anilines is 1. The molecular weight excluding hydrogens is 468 g/mol. The Balaban J connectivity index is 1.76. The van der Waals surface area contributed by atoms with Crippen molar-refractivity contribution in [3.8, 4) is 22.8 Å². The summed E-state index contributed by atoms with van der Waals surface area (Å²) in [4.78, 5) is 17.9. The molecule has 2 fully saturated rings. The first-order chi connectivity index (χ1) is 17.0. The first-order valence-corrected chi connectivity index (χ1v) is 12.4. The first kappa shape index (κ1) is 24.0. The lowest BCUT2D eigenvalue weighted by Crippen LogP contribution is -2.32. The molecule has 2 atom stereocenters. The van der Waals surface area contributed by atoms with Crippen molar-refractivity contribution in [3.63, 3.8) is 0 Å². The number of ether oxygens (including phenoxy) is 2. The Morgan fingerprint density at radius 1 is 1.11 bits per heavy atom. The van der Waals surface area contributed by atoms with Crippen molar-refractivity contribution in [2.24, 2.45) is 0 Å². The quantitative estimate of drug-likeness (QED) is 0.536. The number of fused-ring (bicyclic) bond motifs is 1. The van der Waals surface area contributed by atoms with Crippen molar-refractivity contribution in [1.82, 2.24) is 4.90 Å². The smallest absolute Gasteiger partial charge is 0.197 e. The van der Waals surface area contributed by atoms with E-state index in [-0.39, 0.29) is 24.0 Å². The predicted molar refractivity (Wildman–Crippen MR) is 138 cm³/mol. The molecule has 1 N–H and O–H groups in total. The lowest BCUT2D eigenvalue weighted by atomic mass is 9.89. The van der Waals surface area contributed by atoms with Gasteiger partial charge >= 0.3 is 0 Å². The Labute approximate surface area is 209 Å². The van der Waals surface area contributed by atoms with Crippen LogP contribution in [0.1, 0.15) is 30.7 Å². The van der Waals surface area contributed by atoms with Crippen LogP contribution in [-0.4, -0.2) is 63.6 Å². The highest BCUT2D eigenvalue weighted by Gasteiger charge is 2.37. The second-order valence-corrected chi connectivity index (χ2v) is 9.71. The molecule has 3 aromatic rings. The molecule has 1 aromatic heterocycles. The van der Waals surface area contributed by atoms with E-state index in [0.717, 1.165) is 50.1 Å². The number of hydrogen-bond donors (Lipinski definition) is 1. The minimum Gasteiger partial charge on any atom is -0.496 e. The molecule has 186 valence electrons. The Kier molecular flexibility index (Phi) is 6.66. The maximum absolute atomic E-state index is 13.5. The highest BCUT2D eigenvalue weighted by molar-refractivity contribution is 6.36. The molecule has 7 nitrogen and oxygen atoms in total. The molecule has 2 aromatic carbocycles. The molecule has 2 aliphatic heterocycles. The van der Waals surface area contributed by atoms with Gasteiger partial charge in [-0.25, -0.2) is 0 Å². The largest absolute Gasteiger partial charge is 0.496 e. The van der Waals surface area contributed by atoms with E-state index in [1.165, 1.54) is 13.2 Å². The van der Waals surface area contributed by atoms with Gasteiger partial charge < -0.3 is 28.8 Å². The van der Waals surface area contributed by atoms with E-state index in [9.17, 15) is 9.90 Å². The van der Waals surface area contributed by atoms with Crippen LogP contribution in [0, 0.1) is 0 Å². The molecule has 3 heterocycles. The Hall–Kier alpha value is -2.74. The number of aliphatic hydroxyl groups is 1. The highest BCUT2D eigenvalue weighted by atomic mass is 35.5. The zero-order valence-electron chi connectivity index (χ0n) is 20.3. The zero-order chi connectivity index (χ0) is 24.7. The summed E-state index contributed by atoms with van der Waals surface area (Å²) in [7, 11) is 5.11. The molecule has 0 spiro atoms. The summed E-state index contributed by atoms with van der Waals surface area (Å²) in [6.45, 7) is 2.73. The Bertz CT molecular complexity index is 1300. The molecular formula is C27H31ClN2O5. The minimum absolute atomic E-state index is 0.00846. The van der Waals surface area contributed by atoms with Crippen molar-refractivity contribution < 1.29 is 19.0 Å². The number of likely N-dealkylation sites (tertiary alicyclic amines) is 1. The van der Waals surface area contributed by atoms with E-state index in [0.29, 0.717) is 38.8 Å². The Morgan fingerprint density at radius 2 is 1.86 bits per heavy atom. The molecule has 0 saturated carbocycles. The van der Waals surface area contributed by atoms with Crippen LogP contribution < -0.4 is 19.8 Å². The molecule has 0 aliphatic carbocycles. The van der Waals surface area contributed by atoms with Crippen molar-refractivity contribution in [2.45, 2.75) is 31.2 Å². The van der Waals surface area contributed by atoms with Gasteiger partial charge in [-0.1, -0.05) is 17.7 Å². The predicted octanol–water partition coefficient (Wildman–Crippen LogP) is 4.51. The first-order valence-electron chi connectivity index (χ1n) is 12.1. The normalized spacial score (nSPS) is 20.7.